The van der Waals surface area contributed by atoms with Crippen LogP contribution in [0.25, 0.3) is 0 Å². The van der Waals surface area contributed by atoms with Gasteiger partial charge in [0.15, 0.2) is 0 Å². The first-order chi connectivity index (χ1) is 12.8. The topological polar surface area (TPSA) is 78.7 Å². The van der Waals surface area contributed by atoms with Crippen molar-refractivity contribution >= 4 is 45.6 Å². The second-order valence-electron chi connectivity index (χ2n) is 4.95. The van der Waals surface area contributed by atoms with E-state index in [0.717, 1.165) is 12.8 Å². The highest BCUT2D eigenvalue weighted by molar-refractivity contribution is 7.84. The molecule has 0 bridgehead atoms. The minimum Gasteiger partial charge on any atom is -0.379 e. The normalized spacial score (nSPS) is 11.5. The summed E-state index contributed by atoms with van der Waals surface area (Å²) in [5, 5.41) is 4.56. The lowest BCUT2D eigenvalue weighted by Gasteiger charge is -2.06. The van der Waals surface area contributed by atoms with E-state index in [1.807, 2.05) is 0 Å². The average Bonchev–Trinajstić information content (AvgIpc) is 2.64. The Morgan fingerprint density at radius 1 is 0.654 bits per heavy atom. The van der Waals surface area contributed by atoms with Crippen LogP contribution in [0.3, 0.4) is 0 Å². The van der Waals surface area contributed by atoms with Gasteiger partial charge in [-0.15, -0.1) is 0 Å². The van der Waals surface area contributed by atoms with Crippen molar-refractivity contribution in [3.8, 4) is 0 Å². The van der Waals surface area contributed by atoms with Gasteiger partial charge in [-0.2, -0.15) is 0 Å². The molecular formula is C16H28N2O5S3. The van der Waals surface area contributed by atoms with Crippen LogP contribution in [0.1, 0.15) is 12.8 Å². The third-order valence-corrected chi connectivity index (χ3v) is 4.64. The van der Waals surface area contributed by atoms with E-state index < -0.39 is 10.8 Å². The lowest BCUT2D eigenvalue weighted by molar-refractivity contribution is 0.0510. The maximum Gasteiger partial charge on any atom is 0.0727 e. The van der Waals surface area contributed by atoms with Gasteiger partial charge >= 0.3 is 0 Å². The zero-order valence-electron chi connectivity index (χ0n) is 15.1. The predicted molar refractivity (Wildman–Crippen MR) is 110 cm³/mol. The molecule has 0 N–H and O–H groups in total. The molecule has 10 heteroatoms. The molecule has 0 saturated carbocycles. The van der Waals surface area contributed by atoms with Gasteiger partial charge in [0.25, 0.3) is 0 Å². The molecule has 0 saturated heterocycles. The predicted octanol–water partition coefficient (Wildman–Crippen LogP) is 1.79. The molecule has 0 aromatic rings. The maximum atomic E-state index is 11.8. The van der Waals surface area contributed by atoms with Crippen LogP contribution in [0.5, 0.6) is 0 Å². The van der Waals surface area contributed by atoms with E-state index in [1.54, 1.807) is 0 Å². The first-order valence-electron chi connectivity index (χ1n) is 8.54. The molecule has 0 aromatic heterocycles. The fraction of sp³-hybridized carbons (Fsp3) is 0.875. The van der Waals surface area contributed by atoms with Crippen LogP contribution in [0.2, 0.25) is 0 Å². The van der Waals surface area contributed by atoms with Gasteiger partial charge in [-0.3, -0.25) is 4.21 Å². The third kappa shape index (κ3) is 21.6. The van der Waals surface area contributed by atoms with Crippen molar-refractivity contribution in [2.24, 2.45) is 9.98 Å². The minimum absolute atomic E-state index is 0.521. The first kappa shape index (κ1) is 25.6. The van der Waals surface area contributed by atoms with E-state index in [4.69, 9.17) is 18.9 Å². The van der Waals surface area contributed by atoms with Crippen LogP contribution in [0.15, 0.2) is 9.98 Å². The summed E-state index contributed by atoms with van der Waals surface area (Å²) in [6, 6.07) is 0. The number of rotatable bonds is 20. The van der Waals surface area contributed by atoms with Crippen molar-refractivity contribution in [2.45, 2.75) is 12.8 Å². The van der Waals surface area contributed by atoms with Crippen molar-refractivity contribution in [2.75, 3.05) is 77.5 Å². The number of hydrogen-bond acceptors (Lipinski definition) is 9. The van der Waals surface area contributed by atoms with E-state index in [1.165, 1.54) is 0 Å². The molecule has 7 nitrogen and oxygen atoms in total. The van der Waals surface area contributed by atoms with Gasteiger partial charge in [-0.05, 0) is 37.3 Å². The van der Waals surface area contributed by atoms with Gasteiger partial charge in [0.1, 0.15) is 0 Å². The smallest absolute Gasteiger partial charge is 0.0727 e. The van der Waals surface area contributed by atoms with E-state index in [2.05, 4.69) is 44.7 Å². The SMILES string of the molecule is O=S(CCCOCCOCCN=C=S)CCCOCCOCCN=C=S. The molecule has 150 valence electrons. The Labute approximate surface area is 169 Å². The fourth-order valence-corrected chi connectivity index (χ4v) is 2.97. The van der Waals surface area contributed by atoms with Crippen LogP contribution < -0.4 is 0 Å². The number of hydrogen-bond donors (Lipinski definition) is 0. The summed E-state index contributed by atoms with van der Waals surface area (Å²) in [6.45, 7) is 5.39. The molecule has 0 amide bonds. The largest absolute Gasteiger partial charge is 0.379 e. The lowest BCUT2D eigenvalue weighted by Crippen LogP contribution is -2.12. The van der Waals surface area contributed by atoms with Gasteiger partial charge in [0, 0.05) is 35.5 Å². The van der Waals surface area contributed by atoms with Crippen molar-refractivity contribution in [1.82, 2.24) is 0 Å². The van der Waals surface area contributed by atoms with Crippen molar-refractivity contribution in [3.05, 3.63) is 0 Å². The van der Waals surface area contributed by atoms with E-state index in [0.29, 0.717) is 77.5 Å². The van der Waals surface area contributed by atoms with Crippen molar-refractivity contribution in [1.29, 1.82) is 0 Å². The van der Waals surface area contributed by atoms with Crippen LogP contribution in [-0.2, 0) is 29.7 Å². The maximum absolute atomic E-state index is 11.8. The van der Waals surface area contributed by atoms with Crippen molar-refractivity contribution < 1.29 is 23.2 Å². The molecule has 0 aliphatic heterocycles. The molecule has 0 radical (unpaired) electrons. The molecule has 0 atom stereocenters. The standard InChI is InChI=1S/C16H28N2O5S3/c19-26(13-1-5-20-9-11-22-7-3-17-15-24)14-2-6-21-10-12-23-8-4-18-16-25/h1-14H2. The number of ether oxygens (including phenoxy) is 4. The molecule has 0 rings (SSSR count). The summed E-state index contributed by atoms with van der Waals surface area (Å²) in [6.07, 6.45) is 1.56. The van der Waals surface area contributed by atoms with E-state index in [-0.39, 0.29) is 0 Å². The summed E-state index contributed by atoms with van der Waals surface area (Å²) >= 11 is 8.89. The van der Waals surface area contributed by atoms with Crippen LogP contribution in [0, 0.1) is 0 Å². The van der Waals surface area contributed by atoms with Crippen LogP contribution >= 0.6 is 24.4 Å². The van der Waals surface area contributed by atoms with Crippen LogP contribution in [-0.4, -0.2) is 92.0 Å². The highest BCUT2D eigenvalue weighted by Crippen LogP contribution is 1.94. The summed E-state index contributed by atoms with van der Waals surface area (Å²) in [4.78, 5) is 7.48. The summed E-state index contributed by atoms with van der Waals surface area (Å²) in [5.41, 5.74) is 0. The third-order valence-electron chi connectivity index (χ3n) is 2.89. The Morgan fingerprint density at radius 3 is 1.42 bits per heavy atom. The van der Waals surface area contributed by atoms with E-state index in [9.17, 15) is 4.21 Å². The second-order valence-corrected chi connectivity index (χ2v) is 7.01. The molecule has 0 aliphatic carbocycles. The molecule has 0 heterocycles. The van der Waals surface area contributed by atoms with Crippen LogP contribution in [0.4, 0.5) is 0 Å². The summed E-state index contributed by atoms with van der Waals surface area (Å²) < 4.78 is 33.2. The Hall–Kier alpha value is -0.410. The number of aliphatic imine (C=N–C) groups is 2. The lowest BCUT2D eigenvalue weighted by atomic mass is 10.5. The number of isothiocyanates is 2. The molecule has 0 aromatic carbocycles. The summed E-state index contributed by atoms with van der Waals surface area (Å²) in [5.74, 6) is 1.29. The Kier molecular flexibility index (Phi) is 22.3. The highest BCUT2D eigenvalue weighted by atomic mass is 32.2. The average molecular weight is 425 g/mol. The number of thiocarbonyl (C=S) groups is 2. The quantitative estimate of drug-likeness (QED) is 0.167. The monoisotopic (exact) mass is 424 g/mol. The zero-order chi connectivity index (χ0) is 19.1. The van der Waals surface area contributed by atoms with Gasteiger partial charge < -0.3 is 18.9 Å². The highest BCUT2D eigenvalue weighted by Gasteiger charge is 2.00. The van der Waals surface area contributed by atoms with Gasteiger partial charge in [-0.1, -0.05) is 0 Å². The molecule has 26 heavy (non-hydrogen) atoms. The van der Waals surface area contributed by atoms with Crippen molar-refractivity contribution in [3.63, 3.8) is 0 Å². The molecule has 0 fully saturated rings. The minimum atomic E-state index is -0.826. The number of nitrogens with zero attached hydrogens (tertiary/aromatic N) is 2. The Morgan fingerprint density at radius 2 is 1.04 bits per heavy atom. The first-order valence-corrected chi connectivity index (χ1v) is 10.8. The Bertz CT molecular complexity index is 404. The molecular weight excluding hydrogens is 396 g/mol. The molecule has 0 unspecified atom stereocenters. The molecule has 0 aliphatic rings. The summed E-state index contributed by atoms with van der Waals surface area (Å²) in [7, 11) is -0.826. The molecule has 0 spiro atoms. The Balaban J connectivity index is 3.20. The zero-order valence-corrected chi connectivity index (χ0v) is 17.5. The van der Waals surface area contributed by atoms with Gasteiger partial charge in [0.2, 0.25) is 0 Å². The van der Waals surface area contributed by atoms with Gasteiger partial charge in [-0.25, -0.2) is 9.98 Å². The van der Waals surface area contributed by atoms with Gasteiger partial charge in [0.05, 0.1) is 63.1 Å². The second kappa shape index (κ2) is 22.6. The van der Waals surface area contributed by atoms with E-state index >= 15 is 0 Å². The fourth-order valence-electron chi connectivity index (χ4n) is 1.70.